The molecule has 12 nitrogen and oxygen atoms in total. The largest absolute Gasteiger partial charge is 0.450 e. The van der Waals surface area contributed by atoms with Gasteiger partial charge in [-0.15, -0.1) is 0 Å². The van der Waals surface area contributed by atoms with Crippen molar-refractivity contribution in [1.29, 1.82) is 0 Å². The number of nitrogens with zero attached hydrogens (tertiary/aromatic N) is 2. The van der Waals surface area contributed by atoms with Crippen LogP contribution in [0.2, 0.25) is 0 Å². The first kappa shape index (κ1) is 65.3. The van der Waals surface area contributed by atoms with Crippen LogP contribution in [0, 0.1) is 0 Å². The van der Waals surface area contributed by atoms with E-state index in [2.05, 4.69) is 57.1 Å². The van der Waals surface area contributed by atoms with Gasteiger partial charge in [0.05, 0.1) is 23.3 Å². The van der Waals surface area contributed by atoms with Gasteiger partial charge in [-0.05, 0) is 101 Å². The number of piperidine rings is 4. The van der Waals surface area contributed by atoms with Crippen LogP contribution in [-0.2, 0) is 42.4 Å². The summed E-state index contributed by atoms with van der Waals surface area (Å²) >= 11 is 0. The number of para-hydroxylation sites is 1. The van der Waals surface area contributed by atoms with E-state index >= 15 is 0 Å². The van der Waals surface area contributed by atoms with Gasteiger partial charge in [-0.2, -0.15) is 0 Å². The molecule has 5 aromatic carbocycles. The zero-order valence-electron chi connectivity index (χ0n) is 47.5. The van der Waals surface area contributed by atoms with Crippen molar-refractivity contribution in [2.24, 2.45) is 0 Å². The number of ketones is 1. The Morgan fingerprint density at radius 2 is 0.870 bits per heavy atom. The molecule has 0 aliphatic carbocycles. The van der Waals surface area contributed by atoms with Crippen molar-refractivity contribution in [1.82, 2.24) is 20.4 Å². The maximum absolute atomic E-state index is 11.8. The Bertz CT molecular complexity index is 2480. The Morgan fingerprint density at radius 1 is 0.481 bits per heavy atom. The van der Waals surface area contributed by atoms with E-state index in [1.54, 1.807) is 12.1 Å². The molecule has 5 aromatic rings. The van der Waals surface area contributed by atoms with Gasteiger partial charge in [0, 0.05) is 87.1 Å². The molecule has 0 atom stereocenters. The van der Waals surface area contributed by atoms with E-state index in [9.17, 15) is 19.2 Å². The molecule has 7 heterocycles. The Labute approximate surface area is 463 Å². The molecule has 1 amide bonds. The summed E-state index contributed by atoms with van der Waals surface area (Å²) in [7, 11) is 4.15. The number of likely N-dealkylation sites (tertiary alicyclic amines) is 2. The first-order valence-corrected chi connectivity index (χ1v) is 28.2. The van der Waals surface area contributed by atoms with Crippen LogP contribution >= 0.6 is 0 Å². The van der Waals surface area contributed by atoms with Crippen molar-refractivity contribution in [2.75, 3.05) is 71.8 Å². The summed E-state index contributed by atoms with van der Waals surface area (Å²) in [5.41, 5.74) is 7.35. The maximum Gasteiger partial charge on any atom is 0.339 e. The molecule has 3 spiro atoms. The van der Waals surface area contributed by atoms with Crippen LogP contribution in [0.25, 0.3) is 0 Å². The first-order valence-electron chi connectivity index (χ1n) is 28.2. The second-order valence-electron chi connectivity index (χ2n) is 18.6. The molecule has 7 aliphatic rings. The monoisotopic (exact) mass is 1060 g/mol. The molecular weight excluding hydrogens is 963 g/mol. The molecule has 4 fully saturated rings. The highest BCUT2D eigenvalue weighted by molar-refractivity contribution is 6.04. The van der Waals surface area contributed by atoms with Gasteiger partial charge >= 0.3 is 11.9 Å². The number of rotatable bonds is 2. The average Bonchev–Trinajstić information content (AvgIpc) is 4.10. The molecule has 0 saturated carbocycles. The lowest BCUT2D eigenvalue weighted by molar-refractivity contribution is -0.121. The van der Waals surface area contributed by atoms with E-state index in [-0.39, 0.29) is 42.1 Å². The Morgan fingerprint density at radius 3 is 1.35 bits per heavy atom. The zero-order chi connectivity index (χ0) is 55.4. The number of hydrogen-bond donors (Lipinski definition) is 3. The van der Waals surface area contributed by atoms with Gasteiger partial charge in [-0.3, -0.25) is 9.59 Å². The first-order chi connectivity index (χ1) is 37.1. The number of esters is 2. The smallest absolute Gasteiger partial charge is 0.339 e. The van der Waals surface area contributed by atoms with E-state index in [1.807, 2.05) is 159 Å². The molecule has 0 unspecified atom stereocenters. The average molecular weight is 1060 g/mol. The highest BCUT2D eigenvalue weighted by Gasteiger charge is 2.47. The number of carbonyl (C=O) groups is 4. The van der Waals surface area contributed by atoms with Crippen LogP contribution in [-0.4, -0.2) is 99.9 Å². The van der Waals surface area contributed by atoms with Crippen LogP contribution in [0.15, 0.2) is 133 Å². The van der Waals surface area contributed by atoms with E-state index in [4.69, 9.17) is 14.2 Å². The van der Waals surface area contributed by atoms with Gasteiger partial charge in [0.2, 0.25) is 0 Å². The molecule has 0 bridgehead atoms. The zero-order valence-corrected chi connectivity index (χ0v) is 47.5. The Hall–Kier alpha value is -6.02. The van der Waals surface area contributed by atoms with Crippen molar-refractivity contribution in [3.05, 3.63) is 172 Å². The van der Waals surface area contributed by atoms with E-state index < -0.39 is 0 Å². The van der Waals surface area contributed by atoms with E-state index in [0.717, 1.165) is 138 Å². The molecule has 12 heteroatoms. The summed E-state index contributed by atoms with van der Waals surface area (Å²) < 4.78 is 17.2. The number of fused-ring (bicyclic) bond motifs is 6. The molecule has 4 saturated heterocycles. The topological polar surface area (TPSA) is 139 Å². The minimum Gasteiger partial charge on any atom is -0.450 e. The van der Waals surface area contributed by atoms with Gasteiger partial charge in [-0.1, -0.05) is 160 Å². The molecule has 12 rings (SSSR count). The van der Waals surface area contributed by atoms with Crippen molar-refractivity contribution in [3.63, 3.8) is 0 Å². The number of amides is 1. The summed E-state index contributed by atoms with van der Waals surface area (Å²) in [6.45, 7) is 24.7. The number of nitrogens with one attached hydrogen (secondary N) is 3. The van der Waals surface area contributed by atoms with Crippen LogP contribution in [0.3, 0.4) is 0 Å². The fourth-order valence-corrected chi connectivity index (χ4v) is 10.1. The normalized spacial score (nSPS) is 18.2. The molecule has 420 valence electrons. The fourth-order valence-electron chi connectivity index (χ4n) is 10.1. The lowest BCUT2D eigenvalue weighted by Gasteiger charge is -2.36. The summed E-state index contributed by atoms with van der Waals surface area (Å²) in [6, 6.07) is 42.7. The number of benzene rings is 5. The SMILES string of the molecule is C.CC.CC.CC.CC.CN1CCC(=O)CC1.CN1CCC2(CC1)OC(=O)c1ccccc12.O=C(Nc1ccccc1)c1ccccc1.O=C1OC2(CCNCC2)c2ccccc21.c1ccc2c(c1)COC21CCNCC1. The van der Waals surface area contributed by atoms with Gasteiger partial charge in [-0.25, -0.2) is 9.59 Å². The molecule has 3 N–H and O–H groups in total. The lowest BCUT2D eigenvalue weighted by atomic mass is 9.84. The fraction of sp³-hybridized carbons (Fsp3) is 0.477. The molecule has 0 radical (unpaired) electrons. The van der Waals surface area contributed by atoms with Crippen molar-refractivity contribution in [2.45, 2.75) is 138 Å². The van der Waals surface area contributed by atoms with Crippen LogP contribution in [0.1, 0.15) is 168 Å². The summed E-state index contributed by atoms with van der Waals surface area (Å²) in [5.74, 6) is 0.0255. The lowest BCUT2D eigenvalue weighted by Crippen LogP contribution is -2.40. The third kappa shape index (κ3) is 17.7. The van der Waals surface area contributed by atoms with E-state index in [0.29, 0.717) is 11.3 Å². The second kappa shape index (κ2) is 34.0. The summed E-state index contributed by atoms with van der Waals surface area (Å²) in [5, 5.41) is 9.50. The van der Waals surface area contributed by atoms with Crippen LogP contribution < -0.4 is 16.0 Å². The minimum atomic E-state index is -0.334. The van der Waals surface area contributed by atoms with Gasteiger partial charge in [0.1, 0.15) is 17.0 Å². The summed E-state index contributed by atoms with van der Waals surface area (Å²) in [6.07, 6.45) is 7.34. The molecular formula is C65H93N5O7. The maximum atomic E-state index is 11.8. The van der Waals surface area contributed by atoms with Crippen LogP contribution in [0.5, 0.6) is 0 Å². The Balaban J connectivity index is 0.000000247. The minimum absolute atomic E-state index is 0. The van der Waals surface area contributed by atoms with Gasteiger partial charge < -0.3 is 40.0 Å². The quantitative estimate of drug-likeness (QED) is 0.146. The second-order valence-corrected chi connectivity index (χ2v) is 18.6. The van der Waals surface area contributed by atoms with Crippen molar-refractivity contribution < 1.29 is 33.4 Å². The van der Waals surface area contributed by atoms with Crippen LogP contribution in [0.4, 0.5) is 5.69 Å². The number of carbonyl (C=O) groups excluding carboxylic acids is 4. The van der Waals surface area contributed by atoms with Crippen molar-refractivity contribution >= 4 is 29.3 Å². The highest BCUT2D eigenvalue weighted by Crippen LogP contribution is 2.45. The third-order valence-corrected chi connectivity index (χ3v) is 14.1. The predicted molar refractivity (Wildman–Crippen MR) is 316 cm³/mol. The molecule has 7 aliphatic heterocycles. The van der Waals surface area contributed by atoms with Gasteiger partial charge in [0.25, 0.3) is 5.91 Å². The highest BCUT2D eigenvalue weighted by atomic mass is 16.6. The standard InChI is InChI=1S/C13H15NO2.C13H11NO.C12H13NO2.C12H15NO.C6H11NO.4C2H6.CH4/c1-14-8-6-13(7-9-14)11-5-3-2-4-10(11)12(15)16-13;15-13(11-7-3-1-4-8-11)14-12-9-5-2-6-10-12;14-11-9-3-1-2-4-10(9)12(15-11)5-7-13-8-6-12;1-2-4-11-10(3-1)9-14-12(11)5-7-13-8-6-12;1-7-4-2-6(8)3-5-7;4*1-2;/h2-5H,6-9H2,1H3;1-10H,(H,14,15);1-4,13H,5-8H2;1-4,13H,5-9H2;2-5H2,1H3;4*1-2H3;1H4. The third-order valence-electron chi connectivity index (χ3n) is 14.1. The number of hydrogen-bond acceptors (Lipinski definition) is 11. The predicted octanol–water partition coefficient (Wildman–Crippen LogP) is 13.0. The van der Waals surface area contributed by atoms with Crippen molar-refractivity contribution in [3.8, 4) is 0 Å². The Kier molecular flexibility index (Phi) is 28.8. The summed E-state index contributed by atoms with van der Waals surface area (Å²) in [4.78, 5) is 50.2. The van der Waals surface area contributed by atoms with E-state index in [1.165, 1.54) is 11.1 Å². The molecule has 0 aromatic heterocycles. The molecule has 77 heavy (non-hydrogen) atoms. The number of ether oxygens (including phenoxy) is 3. The van der Waals surface area contributed by atoms with Gasteiger partial charge in [0.15, 0.2) is 0 Å². The number of Topliss-reactive ketones (excluding diaryl/α,β-unsaturated/α-hetero) is 1. The number of anilines is 1.